The normalized spacial score (nSPS) is 22.2. The Morgan fingerprint density at radius 3 is 2.35 bits per heavy atom. The summed E-state index contributed by atoms with van der Waals surface area (Å²) < 4.78 is 32.9. The molecular formula is C19H24F2N2O3. The Labute approximate surface area is 151 Å². The average Bonchev–Trinajstić information content (AvgIpc) is 3.29. The number of anilines is 1. The van der Waals surface area contributed by atoms with Gasteiger partial charge >= 0.3 is 6.09 Å². The predicted molar refractivity (Wildman–Crippen MR) is 93.3 cm³/mol. The number of carbonyl (C=O) groups is 2. The minimum atomic E-state index is -3.12. The molecule has 5 nitrogen and oxygen atoms in total. The summed E-state index contributed by atoms with van der Waals surface area (Å²) >= 11 is 0. The molecule has 7 heteroatoms. The van der Waals surface area contributed by atoms with Gasteiger partial charge in [-0.15, -0.1) is 0 Å². The van der Waals surface area contributed by atoms with Crippen molar-refractivity contribution >= 4 is 17.7 Å². The van der Waals surface area contributed by atoms with Crippen LogP contribution >= 0.6 is 0 Å². The van der Waals surface area contributed by atoms with E-state index < -0.39 is 42.5 Å². The van der Waals surface area contributed by atoms with Crippen LogP contribution in [0, 0.1) is 0 Å². The van der Waals surface area contributed by atoms with Crippen LogP contribution in [0.2, 0.25) is 0 Å². The molecule has 1 aromatic carbocycles. The molecule has 1 aromatic rings. The first kappa shape index (κ1) is 18.6. The Hall–Kier alpha value is -2.18. The van der Waals surface area contributed by atoms with Gasteiger partial charge in [-0.2, -0.15) is 0 Å². The molecule has 1 N–H and O–H groups in total. The summed E-state index contributed by atoms with van der Waals surface area (Å²) in [6, 6.07) is 6.13. The summed E-state index contributed by atoms with van der Waals surface area (Å²) in [6.45, 7) is 4.13. The first-order valence-electron chi connectivity index (χ1n) is 8.82. The molecule has 1 saturated heterocycles. The van der Waals surface area contributed by atoms with Gasteiger partial charge in [-0.05, 0) is 57.2 Å². The van der Waals surface area contributed by atoms with E-state index in [2.05, 4.69) is 5.32 Å². The van der Waals surface area contributed by atoms with Crippen LogP contribution in [0.5, 0.6) is 0 Å². The largest absolute Gasteiger partial charge is 0.444 e. The molecule has 0 radical (unpaired) electrons. The van der Waals surface area contributed by atoms with Crippen molar-refractivity contribution < 1.29 is 23.1 Å². The van der Waals surface area contributed by atoms with Crippen LogP contribution in [-0.4, -0.2) is 41.0 Å². The summed E-state index contributed by atoms with van der Waals surface area (Å²) in [5, 5.41) is 2.63. The lowest BCUT2D eigenvalue weighted by Gasteiger charge is -2.27. The van der Waals surface area contributed by atoms with Crippen LogP contribution in [0.1, 0.15) is 51.5 Å². The van der Waals surface area contributed by atoms with E-state index in [4.69, 9.17) is 4.74 Å². The van der Waals surface area contributed by atoms with Crippen molar-refractivity contribution in [3.05, 3.63) is 29.8 Å². The van der Waals surface area contributed by atoms with Gasteiger partial charge in [-0.1, -0.05) is 12.1 Å². The van der Waals surface area contributed by atoms with Gasteiger partial charge in [-0.25, -0.2) is 13.6 Å². The Morgan fingerprint density at radius 1 is 1.19 bits per heavy atom. The maximum absolute atomic E-state index is 13.9. The minimum absolute atomic E-state index is 0.527. The van der Waals surface area contributed by atoms with E-state index >= 15 is 0 Å². The van der Waals surface area contributed by atoms with Crippen LogP contribution in [0.25, 0.3) is 0 Å². The smallest absolute Gasteiger partial charge is 0.411 e. The number of nitrogens with zero attached hydrogens (tertiary/aromatic N) is 1. The number of halogens is 2. The van der Waals surface area contributed by atoms with E-state index in [0.717, 1.165) is 4.90 Å². The molecule has 2 amide bonds. The number of alkyl halides is 2. The molecule has 2 aliphatic rings. The lowest BCUT2D eigenvalue weighted by Crippen LogP contribution is -2.45. The molecule has 142 valence electrons. The number of likely N-dealkylation sites (tertiary alicyclic amines) is 1. The van der Waals surface area contributed by atoms with Gasteiger partial charge in [0.2, 0.25) is 5.91 Å². The number of hydrogen-bond acceptors (Lipinski definition) is 3. The van der Waals surface area contributed by atoms with Crippen molar-refractivity contribution in [1.29, 1.82) is 0 Å². The molecule has 1 atom stereocenters. The third-order valence-corrected chi connectivity index (χ3v) is 4.43. The van der Waals surface area contributed by atoms with E-state index in [1.54, 1.807) is 32.9 Å². The van der Waals surface area contributed by atoms with Crippen molar-refractivity contribution in [2.24, 2.45) is 0 Å². The van der Waals surface area contributed by atoms with E-state index in [0.29, 0.717) is 11.6 Å². The van der Waals surface area contributed by atoms with Crippen molar-refractivity contribution in [3.63, 3.8) is 0 Å². The molecule has 26 heavy (non-hydrogen) atoms. The average molecular weight is 366 g/mol. The fourth-order valence-electron chi connectivity index (χ4n) is 3.04. The van der Waals surface area contributed by atoms with Crippen molar-refractivity contribution in [2.45, 2.75) is 63.5 Å². The van der Waals surface area contributed by atoms with Gasteiger partial charge in [0, 0.05) is 12.1 Å². The fourth-order valence-corrected chi connectivity index (χ4v) is 3.04. The van der Waals surface area contributed by atoms with Crippen LogP contribution in [-0.2, 0) is 9.53 Å². The molecule has 1 aliphatic heterocycles. The van der Waals surface area contributed by atoms with E-state index in [1.807, 2.05) is 12.1 Å². The lowest BCUT2D eigenvalue weighted by molar-refractivity contribution is -0.120. The highest BCUT2D eigenvalue weighted by Gasteiger charge is 2.51. The van der Waals surface area contributed by atoms with E-state index in [1.165, 1.54) is 18.4 Å². The number of rotatable bonds is 3. The summed E-state index contributed by atoms with van der Waals surface area (Å²) in [4.78, 5) is 25.6. The highest BCUT2D eigenvalue weighted by atomic mass is 19.3. The summed E-state index contributed by atoms with van der Waals surface area (Å²) in [5.41, 5.74) is 0.916. The fraction of sp³-hybridized carbons (Fsp3) is 0.579. The highest BCUT2D eigenvalue weighted by molar-refractivity contribution is 5.97. The zero-order chi connectivity index (χ0) is 19.1. The second-order valence-electron chi connectivity index (χ2n) is 8.07. The molecule has 2 fully saturated rings. The molecule has 1 aliphatic carbocycles. The van der Waals surface area contributed by atoms with Gasteiger partial charge < -0.3 is 10.1 Å². The van der Waals surface area contributed by atoms with Gasteiger partial charge in [-0.3, -0.25) is 9.69 Å². The molecule has 0 unspecified atom stereocenters. The number of ether oxygens (including phenoxy) is 1. The summed E-state index contributed by atoms with van der Waals surface area (Å²) in [5.74, 6) is -3.16. The molecule has 0 aromatic heterocycles. The quantitative estimate of drug-likeness (QED) is 0.874. The number of hydrogen-bond donors (Lipinski definition) is 1. The number of amides is 2. The predicted octanol–water partition coefficient (Wildman–Crippen LogP) is 4.15. The molecular weight excluding hydrogens is 342 g/mol. The third kappa shape index (κ3) is 4.51. The second-order valence-corrected chi connectivity index (χ2v) is 8.07. The first-order valence-corrected chi connectivity index (χ1v) is 8.82. The van der Waals surface area contributed by atoms with Gasteiger partial charge in [0.05, 0.1) is 6.54 Å². The second kappa shape index (κ2) is 6.52. The highest BCUT2D eigenvalue weighted by Crippen LogP contribution is 2.40. The van der Waals surface area contributed by atoms with Gasteiger partial charge in [0.25, 0.3) is 5.92 Å². The maximum atomic E-state index is 13.9. The molecule has 1 saturated carbocycles. The molecule has 0 bridgehead atoms. The summed E-state index contributed by atoms with van der Waals surface area (Å²) in [6.07, 6.45) is 0.735. The Morgan fingerprint density at radius 2 is 1.81 bits per heavy atom. The van der Waals surface area contributed by atoms with Crippen molar-refractivity contribution in [2.75, 3.05) is 11.9 Å². The Kier molecular flexibility index (Phi) is 4.67. The zero-order valence-electron chi connectivity index (χ0n) is 15.2. The van der Waals surface area contributed by atoms with Crippen molar-refractivity contribution in [1.82, 2.24) is 4.90 Å². The van der Waals surface area contributed by atoms with Crippen molar-refractivity contribution in [3.8, 4) is 0 Å². The topological polar surface area (TPSA) is 58.6 Å². The standard InChI is InChI=1S/C19H24F2N2O3/c1-18(2,3)26-17(25)23-11-19(20,21)10-15(23)16(24)22-14-8-6-13(7-9-14)12-4-5-12/h6-9,12,15H,4-5,10-11H2,1-3H3,(H,22,24)/t15-/m1/s1. The van der Waals surface area contributed by atoms with Crippen LogP contribution < -0.4 is 5.32 Å². The van der Waals surface area contributed by atoms with Gasteiger partial charge in [0.15, 0.2) is 0 Å². The van der Waals surface area contributed by atoms with E-state index in [9.17, 15) is 18.4 Å². The van der Waals surface area contributed by atoms with Crippen LogP contribution in [0.3, 0.4) is 0 Å². The monoisotopic (exact) mass is 366 g/mol. The molecule has 3 rings (SSSR count). The maximum Gasteiger partial charge on any atom is 0.411 e. The number of nitrogens with one attached hydrogen (secondary N) is 1. The van der Waals surface area contributed by atoms with Crippen LogP contribution in [0.4, 0.5) is 19.3 Å². The SMILES string of the molecule is CC(C)(C)OC(=O)N1CC(F)(F)C[C@@H]1C(=O)Nc1ccc(C2CC2)cc1. The number of carbonyl (C=O) groups excluding carboxylic acids is 2. The van der Waals surface area contributed by atoms with E-state index in [-0.39, 0.29) is 0 Å². The molecule has 0 spiro atoms. The zero-order valence-corrected chi connectivity index (χ0v) is 15.2. The Bertz CT molecular complexity index is 694. The van der Waals surface area contributed by atoms with Crippen LogP contribution in [0.15, 0.2) is 24.3 Å². The first-order chi connectivity index (χ1) is 12.0. The number of benzene rings is 1. The minimum Gasteiger partial charge on any atom is -0.444 e. The third-order valence-electron chi connectivity index (χ3n) is 4.43. The molecule has 1 heterocycles. The lowest BCUT2D eigenvalue weighted by atomic mass is 10.1. The Balaban J connectivity index is 1.69. The summed E-state index contributed by atoms with van der Waals surface area (Å²) in [7, 11) is 0. The van der Waals surface area contributed by atoms with Gasteiger partial charge in [0.1, 0.15) is 11.6 Å².